The number of phenols is 1. The Labute approximate surface area is 157 Å². The molecular weight excluding hydrogens is 324 g/mol. The molecule has 0 bridgehead atoms. The largest absolute Gasteiger partial charge is 0.508 e. The van der Waals surface area contributed by atoms with Crippen LogP contribution in [0.5, 0.6) is 5.75 Å². The summed E-state index contributed by atoms with van der Waals surface area (Å²) in [6, 6.07) is 4.19. The molecule has 3 aliphatic rings. The van der Waals surface area contributed by atoms with Crippen LogP contribution in [0, 0.1) is 11.8 Å². The maximum Gasteiger partial charge on any atom is 0.225 e. The van der Waals surface area contributed by atoms with E-state index >= 15 is 0 Å². The SMILES string of the molecule is C[C@H]1CCCN(C(=O)C2CCN(Cc3cc4c(cc3O)CCC4)CC2)C1. The van der Waals surface area contributed by atoms with Crippen LogP contribution in [0.2, 0.25) is 0 Å². The van der Waals surface area contributed by atoms with Gasteiger partial charge in [-0.1, -0.05) is 13.0 Å². The van der Waals surface area contributed by atoms with Crippen LogP contribution in [0.3, 0.4) is 0 Å². The molecule has 142 valence electrons. The second-order valence-electron chi connectivity index (χ2n) is 8.69. The van der Waals surface area contributed by atoms with Gasteiger partial charge in [-0.25, -0.2) is 0 Å². The van der Waals surface area contributed by atoms with Crippen LogP contribution in [-0.2, 0) is 24.2 Å². The van der Waals surface area contributed by atoms with Gasteiger partial charge < -0.3 is 10.0 Å². The third-order valence-corrected chi connectivity index (χ3v) is 6.59. The molecule has 26 heavy (non-hydrogen) atoms. The highest BCUT2D eigenvalue weighted by atomic mass is 16.3. The number of carbonyl (C=O) groups excluding carboxylic acids is 1. The molecule has 1 atom stereocenters. The van der Waals surface area contributed by atoms with Crippen molar-refractivity contribution in [2.24, 2.45) is 11.8 Å². The Morgan fingerprint density at radius 2 is 1.81 bits per heavy atom. The van der Waals surface area contributed by atoms with Crippen LogP contribution in [0.25, 0.3) is 0 Å². The topological polar surface area (TPSA) is 43.8 Å². The molecule has 2 aliphatic heterocycles. The number of hydrogen-bond acceptors (Lipinski definition) is 3. The lowest BCUT2D eigenvalue weighted by Gasteiger charge is -2.37. The summed E-state index contributed by atoms with van der Waals surface area (Å²) in [7, 11) is 0. The van der Waals surface area contributed by atoms with E-state index in [1.807, 2.05) is 6.07 Å². The number of aromatic hydroxyl groups is 1. The zero-order chi connectivity index (χ0) is 18.1. The summed E-state index contributed by atoms with van der Waals surface area (Å²) in [5.74, 6) is 1.68. The van der Waals surface area contributed by atoms with Gasteiger partial charge in [0.05, 0.1) is 0 Å². The standard InChI is InChI=1S/C22H32N2O2/c1-16-4-3-9-24(14-16)22(26)17-7-10-23(11-8-17)15-20-12-18-5-2-6-19(18)13-21(20)25/h12-13,16-17,25H,2-11,14-15H2,1H3/t16-/m0/s1. The van der Waals surface area contributed by atoms with Crippen molar-refractivity contribution in [3.8, 4) is 5.75 Å². The summed E-state index contributed by atoms with van der Waals surface area (Å²) in [5.41, 5.74) is 3.80. The van der Waals surface area contributed by atoms with Crippen LogP contribution >= 0.6 is 0 Å². The van der Waals surface area contributed by atoms with Crippen LogP contribution in [0.4, 0.5) is 0 Å². The first-order valence-electron chi connectivity index (χ1n) is 10.4. The monoisotopic (exact) mass is 356 g/mol. The molecule has 1 aliphatic carbocycles. The predicted octanol–water partition coefficient (Wildman–Crippen LogP) is 3.35. The van der Waals surface area contributed by atoms with Crippen LogP contribution in [-0.4, -0.2) is 47.0 Å². The number of nitrogens with zero attached hydrogens (tertiary/aromatic N) is 2. The van der Waals surface area contributed by atoms with Gasteiger partial charge in [0.15, 0.2) is 0 Å². The summed E-state index contributed by atoms with van der Waals surface area (Å²) in [4.78, 5) is 17.3. The van der Waals surface area contributed by atoms with Crippen molar-refractivity contribution in [3.05, 3.63) is 28.8 Å². The quantitative estimate of drug-likeness (QED) is 0.903. The fraction of sp³-hybridized carbons (Fsp3) is 0.682. The Hall–Kier alpha value is -1.55. The third kappa shape index (κ3) is 3.75. The number of piperidine rings is 2. The van der Waals surface area contributed by atoms with E-state index in [-0.39, 0.29) is 5.92 Å². The number of benzene rings is 1. The van der Waals surface area contributed by atoms with Gasteiger partial charge in [0.2, 0.25) is 5.91 Å². The van der Waals surface area contributed by atoms with Crippen molar-refractivity contribution in [2.45, 2.75) is 58.4 Å². The number of aryl methyl sites for hydroxylation is 2. The Balaban J connectivity index is 1.32. The summed E-state index contributed by atoms with van der Waals surface area (Å²) in [6.45, 7) is 6.87. The fourth-order valence-corrected chi connectivity index (χ4v) is 5.02. The molecule has 2 saturated heterocycles. The summed E-state index contributed by atoms with van der Waals surface area (Å²) >= 11 is 0. The first-order valence-corrected chi connectivity index (χ1v) is 10.4. The lowest BCUT2D eigenvalue weighted by molar-refractivity contribution is -0.138. The highest BCUT2D eigenvalue weighted by Crippen LogP contribution is 2.31. The number of hydrogen-bond donors (Lipinski definition) is 1. The Morgan fingerprint density at radius 1 is 1.08 bits per heavy atom. The molecule has 0 aromatic heterocycles. The minimum atomic E-state index is 0.199. The molecule has 1 amide bonds. The van der Waals surface area contributed by atoms with E-state index in [1.165, 1.54) is 24.0 Å². The minimum absolute atomic E-state index is 0.199. The average molecular weight is 357 g/mol. The molecule has 1 N–H and O–H groups in total. The molecule has 0 saturated carbocycles. The lowest BCUT2D eigenvalue weighted by Crippen LogP contribution is -2.45. The lowest BCUT2D eigenvalue weighted by atomic mass is 9.92. The van der Waals surface area contributed by atoms with Gasteiger partial charge in [-0.05, 0) is 81.1 Å². The molecular formula is C22H32N2O2. The molecule has 1 aromatic carbocycles. The molecule has 4 nitrogen and oxygen atoms in total. The minimum Gasteiger partial charge on any atom is -0.508 e. The normalized spacial score (nSPS) is 24.7. The van der Waals surface area contributed by atoms with Crippen molar-refractivity contribution < 1.29 is 9.90 Å². The van der Waals surface area contributed by atoms with Crippen molar-refractivity contribution in [1.82, 2.24) is 9.80 Å². The van der Waals surface area contributed by atoms with Gasteiger partial charge >= 0.3 is 0 Å². The van der Waals surface area contributed by atoms with Gasteiger partial charge in [-0.2, -0.15) is 0 Å². The highest BCUT2D eigenvalue weighted by molar-refractivity contribution is 5.79. The van der Waals surface area contributed by atoms with Crippen molar-refractivity contribution in [1.29, 1.82) is 0 Å². The second-order valence-corrected chi connectivity index (χ2v) is 8.69. The molecule has 4 heteroatoms. The number of phenolic OH excluding ortho intramolecular Hbond substituents is 1. The Morgan fingerprint density at radius 3 is 2.54 bits per heavy atom. The number of rotatable bonds is 3. The third-order valence-electron chi connectivity index (χ3n) is 6.59. The van der Waals surface area contributed by atoms with E-state index in [9.17, 15) is 9.90 Å². The predicted molar refractivity (Wildman–Crippen MR) is 103 cm³/mol. The zero-order valence-electron chi connectivity index (χ0n) is 16.0. The van der Waals surface area contributed by atoms with E-state index in [4.69, 9.17) is 0 Å². The zero-order valence-corrected chi connectivity index (χ0v) is 16.0. The first kappa shape index (κ1) is 17.8. The van der Waals surface area contributed by atoms with Gasteiger partial charge in [0, 0.05) is 31.1 Å². The number of likely N-dealkylation sites (tertiary alicyclic amines) is 2. The van der Waals surface area contributed by atoms with Gasteiger partial charge in [-0.3, -0.25) is 9.69 Å². The van der Waals surface area contributed by atoms with E-state index in [0.717, 1.165) is 70.4 Å². The smallest absolute Gasteiger partial charge is 0.225 e. The molecule has 0 radical (unpaired) electrons. The van der Waals surface area contributed by atoms with E-state index in [2.05, 4.69) is 22.8 Å². The number of carbonyl (C=O) groups is 1. The number of amides is 1. The van der Waals surface area contributed by atoms with E-state index < -0.39 is 0 Å². The first-order chi connectivity index (χ1) is 12.6. The Kier molecular flexibility index (Phi) is 5.21. The van der Waals surface area contributed by atoms with Gasteiger partial charge in [-0.15, -0.1) is 0 Å². The summed E-state index contributed by atoms with van der Waals surface area (Å²) in [6.07, 6.45) is 7.78. The molecule has 0 spiro atoms. The van der Waals surface area contributed by atoms with E-state index in [0.29, 0.717) is 17.6 Å². The van der Waals surface area contributed by atoms with Gasteiger partial charge in [0.25, 0.3) is 0 Å². The van der Waals surface area contributed by atoms with Crippen molar-refractivity contribution in [3.63, 3.8) is 0 Å². The fourth-order valence-electron chi connectivity index (χ4n) is 5.02. The molecule has 2 heterocycles. The maximum absolute atomic E-state index is 12.8. The highest BCUT2D eigenvalue weighted by Gasteiger charge is 2.30. The average Bonchev–Trinajstić information content (AvgIpc) is 3.09. The van der Waals surface area contributed by atoms with Crippen LogP contribution in [0.15, 0.2) is 12.1 Å². The van der Waals surface area contributed by atoms with E-state index in [1.54, 1.807) is 0 Å². The van der Waals surface area contributed by atoms with Crippen LogP contribution in [0.1, 0.15) is 55.7 Å². The summed E-state index contributed by atoms with van der Waals surface area (Å²) in [5, 5.41) is 10.4. The maximum atomic E-state index is 12.8. The van der Waals surface area contributed by atoms with Crippen molar-refractivity contribution in [2.75, 3.05) is 26.2 Å². The molecule has 0 unspecified atom stereocenters. The van der Waals surface area contributed by atoms with Crippen LogP contribution < -0.4 is 0 Å². The molecule has 1 aromatic rings. The molecule has 2 fully saturated rings. The number of fused-ring (bicyclic) bond motifs is 1. The van der Waals surface area contributed by atoms with Gasteiger partial charge in [0.1, 0.15) is 5.75 Å². The van der Waals surface area contributed by atoms with Crippen molar-refractivity contribution >= 4 is 5.91 Å². The summed E-state index contributed by atoms with van der Waals surface area (Å²) < 4.78 is 0. The second kappa shape index (κ2) is 7.59. The Bertz CT molecular complexity index is 664. The molecule has 4 rings (SSSR count).